The van der Waals surface area contributed by atoms with Crippen molar-refractivity contribution in [3.63, 3.8) is 0 Å². The van der Waals surface area contributed by atoms with Crippen LogP contribution in [0.4, 0.5) is 0 Å². The molecule has 0 bridgehead atoms. The zero-order valence-electron chi connectivity index (χ0n) is 12.2. The summed E-state index contributed by atoms with van der Waals surface area (Å²) in [5.41, 5.74) is 0.711. The predicted molar refractivity (Wildman–Crippen MR) is 79.1 cm³/mol. The van der Waals surface area contributed by atoms with Gasteiger partial charge in [-0.1, -0.05) is 18.9 Å². The Kier molecular flexibility index (Phi) is 4.18. The van der Waals surface area contributed by atoms with Gasteiger partial charge in [-0.3, -0.25) is 9.59 Å². The van der Waals surface area contributed by atoms with Crippen LogP contribution in [0, 0.1) is 0 Å². The summed E-state index contributed by atoms with van der Waals surface area (Å²) in [7, 11) is 0. The van der Waals surface area contributed by atoms with Gasteiger partial charge in [0.05, 0.1) is 0 Å². The summed E-state index contributed by atoms with van der Waals surface area (Å²) in [6.07, 6.45) is 6.54. The number of rotatable bonds is 3. The fraction of sp³-hybridized carbons (Fsp3) is 0.562. The second-order valence-electron chi connectivity index (χ2n) is 5.86. The summed E-state index contributed by atoms with van der Waals surface area (Å²) < 4.78 is 0. The molecule has 0 spiro atoms. The molecule has 1 aliphatic carbocycles. The number of amides is 2. The standard InChI is InChI=1S/C16H21N3O2/c20-15(17-12-8-9-12)13-6-5-7-14(18-13)16(21)19-10-3-1-2-4-11-19/h5-7,12H,1-4,8-11H2,(H,17,20). The normalized spacial score (nSPS) is 19.0. The van der Waals surface area contributed by atoms with Crippen molar-refractivity contribution in [2.45, 2.75) is 44.6 Å². The molecular formula is C16H21N3O2. The van der Waals surface area contributed by atoms with E-state index >= 15 is 0 Å². The second kappa shape index (κ2) is 6.24. The minimum atomic E-state index is -0.178. The molecule has 1 aromatic rings. The van der Waals surface area contributed by atoms with Crippen molar-refractivity contribution in [2.24, 2.45) is 0 Å². The Bertz CT molecular complexity index is 532. The third-order valence-electron chi connectivity index (χ3n) is 4.01. The van der Waals surface area contributed by atoms with Crippen LogP contribution in [0.2, 0.25) is 0 Å². The summed E-state index contributed by atoms with van der Waals surface area (Å²) in [5, 5.41) is 2.90. The first-order chi connectivity index (χ1) is 10.2. The summed E-state index contributed by atoms with van der Waals surface area (Å²) in [5.74, 6) is -0.235. The van der Waals surface area contributed by atoms with Crippen LogP contribution in [-0.2, 0) is 0 Å². The summed E-state index contributed by atoms with van der Waals surface area (Å²) in [6.45, 7) is 1.58. The van der Waals surface area contributed by atoms with Gasteiger partial charge in [-0.05, 0) is 37.8 Å². The molecule has 1 aliphatic heterocycles. The van der Waals surface area contributed by atoms with Gasteiger partial charge in [-0.25, -0.2) is 4.98 Å². The lowest BCUT2D eigenvalue weighted by Gasteiger charge is -2.19. The van der Waals surface area contributed by atoms with Gasteiger partial charge in [0, 0.05) is 19.1 Å². The van der Waals surface area contributed by atoms with Crippen LogP contribution in [-0.4, -0.2) is 40.8 Å². The lowest BCUT2D eigenvalue weighted by molar-refractivity contribution is 0.0755. The highest BCUT2D eigenvalue weighted by Gasteiger charge is 2.25. The molecule has 0 aromatic carbocycles. The van der Waals surface area contributed by atoms with E-state index in [9.17, 15) is 9.59 Å². The first kappa shape index (κ1) is 14.0. The third kappa shape index (κ3) is 3.60. The number of likely N-dealkylation sites (tertiary alicyclic amines) is 1. The van der Waals surface area contributed by atoms with Gasteiger partial charge in [0.15, 0.2) is 0 Å². The van der Waals surface area contributed by atoms with Crippen molar-refractivity contribution < 1.29 is 9.59 Å². The molecule has 21 heavy (non-hydrogen) atoms. The van der Waals surface area contributed by atoms with E-state index in [1.807, 2.05) is 4.90 Å². The van der Waals surface area contributed by atoms with Crippen molar-refractivity contribution in [2.75, 3.05) is 13.1 Å². The Morgan fingerprint density at radius 1 is 1.05 bits per heavy atom. The number of hydrogen-bond acceptors (Lipinski definition) is 3. The largest absolute Gasteiger partial charge is 0.348 e. The average Bonchev–Trinajstić information content (AvgIpc) is 3.33. The maximum Gasteiger partial charge on any atom is 0.272 e. The van der Waals surface area contributed by atoms with E-state index in [1.165, 1.54) is 12.8 Å². The maximum absolute atomic E-state index is 12.5. The fourth-order valence-corrected chi connectivity index (χ4v) is 2.60. The van der Waals surface area contributed by atoms with Crippen molar-refractivity contribution >= 4 is 11.8 Å². The molecule has 0 atom stereocenters. The van der Waals surface area contributed by atoms with E-state index in [0.717, 1.165) is 38.8 Å². The van der Waals surface area contributed by atoms with Crippen LogP contribution >= 0.6 is 0 Å². The number of nitrogens with zero attached hydrogens (tertiary/aromatic N) is 2. The molecule has 1 aromatic heterocycles. The molecule has 5 heteroatoms. The third-order valence-corrected chi connectivity index (χ3v) is 4.01. The van der Waals surface area contributed by atoms with Crippen molar-refractivity contribution in [3.05, 3.63) is 29.6 Å². The molecule has 2 aliphatic rings. The number of aromatic nitrogens is 1. The van der Waals surface area contributed by atoms with Crippen LogP contribution in [0.15, 0.2) is 18.2 Å². The molecule has 1 saturated carbocycles. The van der Waals surface area contributed by atoms with E-state index in [0.29, 0.717) is 17.4 Å². The minimum absolute atomic E-state index is 0.0574. The molecule has 2 heterocycles. The minimum Gasteiger partial charge on any atom is -0.348 e. The van der Waals surface area contributed by atoms with Gasteiger partial charge in [-0.2, -0.15) is 0 Å². The topological polar surface area (TPSA) is 62.3 Å². The predicted octanol–water partition coefficient (Wildman–Crippen LogP) is 1.99. The lowest BCUT2D eigenvalue weighted by Crippen LogP contribution is -2.33. The van der Waals surface area contributed by atoms with Crippen LogP contribution in [0.3, 0.4) is 0 Å². The number of carbonyl (C=O) groups excluding carboxylic acids is 2. The Labute approximate surface area is 124 Å². The van der Waals surface area contributed by atoms with Gasteiger partial charge < -0.3 is 10.2 Å². The Morgan fingerprint density at radius 3 is 2.38 bits per heavy atom. The van der Waals surface area contributed by atoms with E-state index in [4.69, 9.17) is 0 Å². The Morgan fingerprint density at radius 2 is 1.71 bits per heavy atom. The van der Waals surface area contributed by atoms with E-state index in [-0.39, 0.29) is 11.8 Å². The lowest BCUT2D eigenvalue weighted by atomic mass is 10.2. The van der Waals surface area contributed by atoms with Gasteiger partial charge in [-0.15, -0.1) is 0 Å². The van der Waals surface area contributed by atoms with E-state index in [1.54, 1.807) is 18.2 Å². The van der Waals surface area contributed by atoms with Gasteiger partial charge in [0.2, 0.25) is 0 Å². The van der Waals surface area contributed by atoms with Crippen molar-refractivity contribution in [1.29, 1.82) is 0 Å². The molecule has 112 valence electrons. The van der Waals surface area contributed by atoms with Crippen molar-refractivity contribution in [1.82, 2.24) is 15.2 Å². The number of carbonyl (C=O) groups is 2. The molecular weight excluding hydrogens is 266 g/mol. The zero-order chi connectivity index (χ0) is 14.7. The number of hydrogen-bond donors (Lipinski definition) is 1. The van der Waals surface area contributed by atoms with Gasteiger partial charge in [0.1, 0.15) is 11.4 Å². The van der Waals surface area contributed by atoms with Gasteiger partial charge in [0.25, 0.3) is 11.8 Å². The summed E-state index contributed by atoms with van der Waals surface area (Å²) >= 11 is 0. The first-order valence-electron chi connectivity index (χ1n) is 7.81. The van der Waals surface area contributed by atoms with Crippen LogP contribution in [0.5, 0.6) is 0 Å². The number of pyridine rings is 1. The van der Waals surface area contributed by atoms with E-state index < -0.39 is 0 Å². The van der Waals surface area contributed by atoms with Crippen LogP contribution in [0.25, 0.3) is 0 Å². The Hall–Kier alpha value is -1.91. The van der Waals surface area contributed by atoms with Crippen LogP contribution in [0.1, 0.15) is 59.5 Å². The molecule has 2 fully saturated rings. The SMILES string of the molecule is O=C(NC1CC1)c1cccc(C(=O)N2CCCCCC2)n1. The Balaban J connectivity index is 1.71. The monoisotopic (exact) mass is 287 g/mol. The smallest absolute Gasteiger partial charge is 0.272 e. The van der Waals surface area contributed by atoms with E-state index in [2.05, 4.69) is 10.3 Å². The molecule has 5 nitrogen and oxygen atoms in total. The molecule has 0 unspecified atom stereocenters. The quantitative estimate of drug-likeness (QED) is 0.924. The molecule has 1 N–H and O–H groups in total. The van der Waals surface area contributed by atoms with Crippen LogP contribution < -0.4 is 5.32 Å². The van der Waals surface area contributed by atoms with Gasteiger partial charge >= 0.3 is 0 Å². The average molecular weight is 287 g/mol. The second-order valence-corrected chi connectivity index (χ2v) is 5.86. The highest BCUT2D eigenvalue weighted by atomic mass is 16.2. The molecule has 3 rings (SSSR count). The highest BCUT2D eigenvalue weighted by Crippen LogP contribution is 2.19. The molecule has 1 saturated heterocycles. The van der Waals surface area contributed by atoms with Crippen molar-refractivity contribution in [3.8, 4) is 0 Å². The summed E-state index contributed by atoms with van der Waals surface area (Å²) in [6, 6.07) is 5.39. The number of nitrogens with one attached hydrogen (secondary N) is 1. The first-order valence-corrected chi connectivity index (χ1v) is 7.81. The fourth-order valence-electron chi connectivity index (χ4n) is 2.60. The molecule has 2 amide bonds. The molecule has 0 radical (unpaired) electrons. The summed E-state index contributed by atoms with van der Waals surface area (Å²) in [4.78, 5) is 30.6. The highest BCUT2D eigenvalue weighted by molar-refractivity contribution is 5.96. The maximum atomic E-state index is 12.5. The zero-order valence-corrected chi connectivity index (χ0v) is 12.2.